The summed E-state index contributed by atoms with van der Waals surface area (Å²) in [5, 5.41) is 0. The van der Waals surface area contributed by atoms with Crippen molar-refractivity contribution in [3.05, 3.63) is 0 Å². The zero-order valence-corrected chi connectivity index (χ0v) is 9.31. The van der Waals surface area contributed by atoms with Gasteiger partial charge in [0, 0.05) is 0 Å². The van der Waals surface area contributed by atoms with Crippen molar-refractivity contribution >= 4 is 10.1 Å². The molecule has 0 saturated heterocycles. The quantitative estimate of drug-likeness (QED) is 0.579. The van der Waals surface area contributed by atoms with Gasteiger partial charge in [0.15, 0.2) is 24.7 Å². The van der Waals surface area contributed by atoms with Crippen LogP contribution in [0.5, 0.6) is 0 Å². The number of hydrogen-bond donors (Lipinski definition) is 2. The first-order valence-electron chi connectivity index (χ1n) is 3.95. The van der Waals surface area contributed by atoms with Crippen molar-refractivity contribution in [3.8, 4) is 0 Å². The van der Waals surface area contributed by atoms with E-state index in [0.29, 0.717) is 0 Å². The summed E-state index contributed by atoms with van der Waals surface area (Å²) >= 11 is 0. The van der Waals surface area contributed by atoms with E-state index in [1.807, 2.05) is 0 Å². The molecule has 18 heavy (non-hydrogen) atoms. The second-order valence-electron chi connectivity index (χ2n) is 2.98. The lowest BCUT2D eigenvalue weighted by Gasteiger charge is -2.20. The highest BCUT2D eigenvalue weighted by Crippen LogP contribution is 2.25. The molecule has 0 aromatic carbocycles. The van der Waals surface area contributed by atoms with E-state index in [1.54, 1.807) is 0 Å². The van der Waals surface area contributed by atoms with Gasteiger partial charge in [-0.3, -0.25) is 4.55 Å². The molecule has 0 aliphatic carbocycles. The van der Waals surface area contributed by atoms with Gasteiger partial charge in [0.25, 0.3) is 11.9 Å². The fourth-order valence-corrected chi connectivity index (χ4v) is 1.28. The Balaban J connectivity index is 0. The summed E-state index contributed by atoms with van der Waals surface area (Å²) in [6.45, 7) is 0. The van der Waals surface area contributed by atoms with Gasteiger partial charge in [-0.1, -0.05) is 0 Å². The highest BCUT2D eigenvalue weighted by Gasteiger charge is 2.47. The highest BCUT2D eigenvalue weighted by molar-refractivity contribution is 7.86. The highest BCUT2D eigenvalue weighted by atomic mass is 32.2. The molecule has 0 radical (unpaired) electrons. The maximum atomic E-state index is 12.6. The van der Waals surface area contributed by atoms with E-state index < -0.39 is 46.7 Å². The maximum absolute atomic E-state index is 12.6. The number of rotatable bonds is 6. The number of hydrogen-bond acceptors (Lipinski definition) is 3. The molecule has 0 heterocycles. The third kappa shape index (κ3) is 4.94. The van der Waals surface area contributed by atoms with E-state index in [9.17, 15) is 39.2 Å². The van der Waals surface area contributed by atoms with Crippen LogP contribution >= 0.6 is 0 Å². The van der Waals surface area contributed by atoms with E-state index >= 15 is 0 Å². The molecule has 12 heteroatoms. The first kappa shape index (κ1) is 19.7. The second kappa shape index (κ2) is 7.09. The molecule has 0 spiro atoms. The fourth-order valence-electron chi connectivity index (χ4n) is 0.799. The molecule has 4 nitrogen and oxygen atoms in total. The van der Waals surface area contributed by atoms with Gasteiger partial charge < -0.3 is 6.15 Å². The van der Waals surface area contributed by atoms with Gasteiger partial charge in [0.2, 0.25) is 0 Å². The van der Waals surface area contributed by atoms with Crippen LogP contribution in [0.15, 0.2) is 0 Å². The van der Waals surface area contributed by atoms with E-state index in [4.69, 9.17) is 4.55 Å². The lowest BCUT2D eigenvalue weighted by molar-refractivity contribution is -0.0454. The van der Waals surface area contributed by atoms with Crippen LogP contribution in [0.3, 0.4) is 0 Å². The Labute approximate surface area is 97.5 Å². The smallest absolute Gasteiger partial charge is 0.300 e. The van der Waals surface area contributed by atoms with Crippen LogP contribution < -0.4 is 6.15 Å². The molecule has 0 aliphatic rings. The Morgan fingerprint density at radius 3 is 1.33 bits per heavy atom. The molecule has 5 atom stereocenters. The molecule has 0 aliphatic heterocycles. The zero-order valence-electron chi connectivity index (χ0n) is 8.49. The maximum Gasteiger partial charge on any atom is 0.300 e. The first-order valence-corrected chi connectivity index (χ1v) is 5.45. The lowest BCUT2D eigenvalue weighted by atomic mass is 10.1. The molecule has 0 saturated carbocycles. The van der Waals surface area contributed by atoms with E-state index in [-0.39, 0.29) is 6.15 Å². The molecule has 0 amide bonds. The molecule has 5 unspecified atom stereocenters. The van der Waals surface area contributed by atoms with Crippen LogP contribution in [0.25, 0.3) is 0 Å². The largest absolute Gasteiger partial charge is 0.344 e. The molecule has 0 rings (SSSR count). The molecule has 0 fully saturated rings. The van der Waals surface area contributed by atoms with Crippen LogP contribution in [0, 0.1) is 0 Å². The number of alkyl halides is 7. The molecule has 112 valence electrons. The van der Waals surface area contributed by atoms with E-state index in [2.05, 4.69) is 0 Å². The SMILES string of the molecule is N.O=S(=O)(O)C(F)C(F)C(F)C(F)C(F)C(F)F. The van der Waals surface area contributed by atoms with Crippen molar-refractivity contribution in [3.63, 3.8) is 0 Å². The van der Waals surface area contributed by atoms with E-state index in [0.717, 1.165) is 0 Å². The summed E-state index contributed by atoms with van der Waals surface area (Å²) in [6.07, 6.45) is -19.1. The van der Waals surface area contributed by atoms with Crippen molar-refractivity contribution in [1.82, 2.24) is 6.15 Å². The van der Waals surface area contributed by atoms with Gasteiger partial charge >= 0.3 is 10.1 Å². The monoisotopic (exact) mass is 309 g/mol. The molecule has 0 aromatic rings. The topological polar surface area (TPSA) is 89.4 Å². The summed E-state index contributed by atoms with van der Waals surface area (Å²) in [5.41, 5.74) is -3.89. The van der Waals surface area contributed by atoms with Gasteiger partial charge in [-0.25, -0.2) is 30.7 Å². The van der Waals surface area contributed by atoms with Crippen molar-refractivity contribution in [1.29, 1.82) is 0 Å². The van der Waals surface area contributed by atoms with E-state index in [1.165, 1.54) is 0 Å². The third-order valence-corrected chi connectivity index (χ3v) is 2.52. The van der Waals surface area contributed by atoms with Crippen molar-refractivity contribution in [2.45, 2.75) is 36.6 Å². The Kier molecular flexibility index (Phi) is 7.76. The minimum absolute atomic E-state index is 0. The average molecular weight is 309 g/mol. The normalized spacial score (nSPS) is 20.7. The van der Waals surface area contributed by atoms with Crippen LogP contribution in [0.2, 0.25) is 0 Å². The summed E-state index contributed by atoms with van der Waals surface area (Å²) in [6, 6.07) is 0. The summed E-state index contributed by atoms with van der Waals surface area (Å²) in [5.74, 6) is 0. The molecule has 0 aromatic heterocycles. The Morgan fingerprint density at radius 2 is 1.06 bits per heavy atom. The summed E-state index contributed by atoms with van der Waals surface area (Å²) in [4.78, 5) is 0. The molecule has 0 bridgehead atoms. The van der Waals surface area contributed by atoms with Crippen molar-refractivity contribution in [2.75, 3.05) is 0 Å². The van der Waals surface area contributed by atoms with Gasteiger partial charge in [-0.2, -0.15) is 8.42 Å². The minimum Gasteiger partial charge on any atom is -0.344 e. The van der Waals surface area contributed by atoms with Crippen LogP contribution in [-0.2, 0) is 10.1 Å². The standard InChI is InChI=1S/C6H7F7O3S.H3N/c7-1(3(9)5(11)12)2(8)4(10)6(13)17(14,15)16;/h1-6H,(H,14,15,16);1H3. The Morgan fingerprint density at radius 1 is 0.722 bits per heavy atom. The predicted octanol–water partition coefficient (Wildman–Crippen LogP) is 1.95. The lowest BCUT2D eigenvalue weighted by Crippen LogP contribution is -2.44. The third-order valence-electron chi connectivity index (χ3n) is 1.69. The first-order chi connectivity index (χ1) is 7.50. The van der Waals surface area contributed by atoms with Gasteiger partial charge in [-0.15, -0.1) is 0 Å². The van der Waals surface area contributed by atoms with Crippen molar-refractivity contribution in [2.24, 2.45) is 0 Å². The minimum atomic E-state index is -5.68. The van der Waals surface area contributed by atoms with Crippen LogP contribution in [0.1, 0.15) is 0 Å². The van der Waals surface area contributed by atoms with Gasteiger partial charge in [0.1, 0.15) is 0 Å². The fraction of sp³-hybridized carbons (Fsp3) is 1.00. The van der Waals surface area contributed by atoms with Gasteiger partial charge in [-0.05, 0) is 0 Å². The zero-order chi connectivity index (χ0) is 14.0. The van der Waals surface area contributed by atoms with Crippen LogP contribution in [-0.4, -0.2) is 49.6 Å². The van der Waals surface area contributed by atoms with Crippen molar-refractivity contribution < 1.29 is 43.7 Å². The van der Waals surface area contributed by atoms with Gasteiger partial charge in [0.05, 0.1) is 0 Å². The summed E-state index contributed by atoms with van der Waals surface area (Å²) in [7, 11) is -5.68. The van der Waals surface area contributed by atoms with Crippen LogP contribution in [0.4, 0.5) is 30.7 Å². The molecular weight excluding hydrogens is 299 g/mol. The molecule has 4 N–H and O–H groups in total. The predicted molar refractivity (Wildman–Crippen MR) is 47.1 cm³/mol. The Bertz CT molecular complexity index is 340. The molecular formula is C6H10F7NO3S. The average Bonchev–Trinajstić information content (AvgIpc) is 2.22. The number of halogens is 7. The Hall–Kier alpha value is -0.620. The summed E-state index contributed by atoms with van der Waals surface area (Å²) < 4.78 is 114. The second-order valence-corrected chi connectivity index (χ2v) is 4.46.